The van der Waals surface area contributed by atoms with Gasteiger partial charge in [-0.2, -0.15) is 0 Å². The number of hydrogen-bond donors (Lipinski definition) is 0. The molecule has 0 fully saturated rings. The number of carboxylic acid groups (broad SMARTS) is 2. The van der Waals surface area contributed by atoms with Gasteiger partial charge in [0.05, 0.1) is 37.6 Å². The van der Waals surface area contributed by atoms with Crippen molar-refractivity contribution in [3.8, 4) is 0 Å². The van der Waals surface area contributed by atoms with Crippen LogP contribution in [0.2, 0.25) is 0 Å². The summed E-state index contributed by atoms with van der Waals surface area (Å²) in [7, 11) is 0. The summed E-state index contributed by atoms with van der Waals surface area (Å²) in [4.78, 5) is 43.7. The van der Waals surface area contributed by atoms with E-state index in [2.05, 4.69) is 0 Å². The van der Waals surface area contributed by atoms with Crippen molar-refractivity contribution in [2.45, 2.75) is 245 Å². The molecule has 0 spiro atoms. The largest absolute Gasteiger partial charge is 2.00 e. The summed E-state index contributed by atoms with van der Waals surface area (Å²) >= 11 is 0. The van der Waals surface area contributed by atoms with E-state index < -0.39 is 11.9 Å². The van der Waals surface area contributed by atoms with Gasteiger partial charge in [-0.15, -0.1) is 0 Å². The van der Waals surface area contributed by atoms with E-state index in [0.717, 1.165) is 75.3 Å². The molecule has 0 saturated heterocycles. The first kappa shape index (κ1) is 62.8. The zero-order valence-corrected chi connectivity index (χ0v) is 45.5. The molecule has 2 aromatic rings. The van der Waals surface area contributed by atoms with Crippen molar-refractivity contribution in [3.05, 3.63) is 71.8 Å². The number of rotatable bonds is 40. The molecule has 0 heterocycles. The average molecular weight is 1030 g/mol. The minimum Gasteiger partial charge on any atom is -0.550 e. The second kappa shape index (κ2) is 44.3. The van der Waals surface area contributed by atoms with Crippen LogP contribution in [0.4, 0.5) is 0 Å². The molecule has 4 atom stereocenters. The molecule has 0 aliphatic heterocycles. The molecular weight excluding hydrogens is 946 g/mol. The third-order valence-corrected chi connectivity index (χ3v) is 11.5. The van der Waals surface area contributed by atoms with Gasteiger partial charge in [0.15, 0.2) is 0 Å². The van der Waals surface area contributed by atoms with E-state index in [0.29, 0.717) is 13.2 Å². The van der Waals surface area contributed by atoms with Gasteiger partial charge in [-0.1, -0.05) is 189 Å². The summed E-state index contributed by atoms with van der Waals surface area (Å²) in [6.07, 6.45) is 29.6. The molecule has 0 amide bonds. The molecule has 65 heavy (non-hydrogen) atoms. The third-order valence-electron chi connectivity index (χ3n) is 11.5. The third kappa shape index (κ3) is 42.9. The van der Waals surface area contributed by atoms with Crippen LogP contribution < -0.4 is 10.2 Å². The fraction of sp³-hybridized carbons (Fsp3) is 0.704. The van der Waals surface area contributed by atoms with Crippen LogP contribution in [0.15, 0.2) is 60.7 Å². The summed E-state index contributed by atoms with van der Waals surface area (Å²) in [6.45, 7) is 7.75. The van der Waals surface area contributed by atoms with Gasteiger partial charge >= 0.3 is 60.8 Å². The van der Waals surface area contributed by atoms with E-state index in [-0.39, 0.29) is 98.1 Å². The van der Waals surface area contributed by atoms with Crippen LogP contribution >= 0.6 is 0 Å². The van der Waals surface area contributed by atoms with Crippen molar-refractivity contribution < 1.29 is 48.3 Å². The first-order chi connectivity index (χ1) is 30.9. The van der Waals surface area contributed by atoms with Crippen molar-refractivity contribution >= 4 is 72.8 Å². The van der Waals surface area contributed by atoms with Crippen LogP contribution in [0.3, 0.4) is 0 Å². The molecule has 364 valence electrons. The molecule has 0 aliphatic rings. The Kier molecular flexibility index (Phi) is 42.8. The van der Waals surface area contributed by atoms with E-state index >= 15 is 0 Å². The SMILES string of the molecule is CC(=O)OC(C)CCCCCCCCCCCCCC(CC(=O)[O-])OCc1ccccc1.CC(=O)OC(C)CCCCCCCCCCCCCC(CC(=O)[O-])OCc1ccccc1.[Ba+2]. The standard InChI is InChI=1S/2C27H44O5.Ba/c2*1-23(32-24(2)28)17-13-10-8-6-4-3-5-7-9-11-16-20-26(21-27(29)30)31-22-25-18-14-12-15-19-25;/h2*12,14-15,18-19,23,26H,3-11,13,16-17,20-22H2,1-2H3,(H,29,30);/q;;+2/p-2. The number of carboxylic acids is 2. The molecule has 0 radical (unpaired) electrons. The zero-order chi connectivity index (χ0) is 46.9. The number of esters is 2. The maximum Gasteiger partial charge on any atom is 2.00 e. The normalized spacial score (nSPS) is 12.7. The Bertz CT molecular complexity index is 1320. The number of carbonyl (C=O) groups is 4. The van der Waals surface area contributed by atoms with Crippen molar-refractivity contribution in [1.82, 2.24) is 0 Å². The smallest absolute Gasteiger partial charge is 0.550 e. The molecular formula is C54H86BaO10. The predicted molar refractivity (Wildman–Crippen MR) is 258 cm³/mol. The van der Waals surface area contributed by atoms with Gasteiger partial charge in [0, 0.05) is 38.6 Å². The van der Waals surface area contributed by atoms with E-state index in [1.165, 1.54) is 117 Å². The van der Waals surface area contributed by atoms with Gasteiger partial charge in [0.25, 0.3) is 0 Å². The summed E-state index contributed by atoms with van der Waals surface area (Å²) in [6, 6.07) is 19.7. The van der Waals surface area contributed by atoms with Gasteiger partial charge in [0.1, 0.15) is 0 Å². The number of benzene rings is 2. The first-order valence-electron chi connectivity index (χ1n) is 25.0. The molecule has 4 unspecified atom stereocenters. The maximum absolute atomic E-state index is 11.0. The molecule has 2 aromatic carbocycles. The Morgan fingerprint density at radius 1 is 0.415 bits per heavy atom. The monoisotopic (exact) mass is 1030 g/mol. The molecule has 0 aliphatic carbocycles. The molecule has 0 saturated carbocycles. The second-order valence-corrected chi connectivity index (χ2v) is 17.8. The van der Waals surface area contributed by atoms with Crippen LogP contribution in [0.5, 0.6) is 0 Å². The van der Waals surface area contributed by atoms with Crippen LogP contribution in [-0.4, -0.2) is 97.2 Å². The fourth-order valence-electron chi connectivity index (χ4n) is 7.91. The molecule has 2 rings (SSSR count). The fourth-order valence-corrected chi connectivity index (χ4v) is 7.91. The van der Waals surface area contributed by atoms with Gasteiger partial charge < -0.3 is 38.7 Å². The molecule has 0 bridgehead atoms. The Morgan fingerprint density at radius 2 is 0.662 bits per heavy atom. The Hall–Kier alpha value is -2.19. The van der Waals surface area contributed by atoms with Gasteiger partial charge in [-0.3, -0.25) is 9.59 Å². The predicted octanol–water partition coefficient (Wildman–Crippen LogP) is 11.1. The second-order valence-electron chi connectivity index (χ2n) is 17.8. The van der Waals surface area contributed by atoms with Gasteiger partial charge in [0.2, 0.25) is 0 Å². The van der Waals surface area contributed by atoms with Gasteiger partial charge in [-0.05, 0) is 63.5 Å². The first-order valence-corrected chi connectivity index (χ1v) is 25.0. The van der Waals surface area contributed by atoms with Gasteiger partial charge in [-0.25, -0.2) is 0 Å². The van der Waals surface area contributed by atoms with E-state index in [1.54, 1.807) is 0 Å². The van der Waals surface area contributed by atoms with Crippen molar-refractivity contribution in [2.75, 3.05) is 0 Å². The number of carbonyl (C=O) groups excluding carboxylic acids is 4. The maximum atomic E-state index is 11.0. The minimum atomic E-state index is -1.04. The quantitative estimate of drug-likeness (QED) is 0.0358. The van der Waals surface area contributed by atoms with E-state index in [1.807, 2.05) is 74.5 Å². The van der Waals surface area contributed by atoms with Crippen LogP contribution in [0.1, 0.15) is 219 Å². The molecule has 10 nitrogen and oxygen atoms in total. The van der Waals surface area contributed by atoms with Crippen LogP contribution in [-0.2, 0) is 51.3 Å². The Balaban J connectivity index is 0.00000124. The number of ether oxygens (including phenoxy) is 4. The Morgan fingerprint density at radius 3 is 0.908 bits per heavy atom. The summed E-state index contributed by atoms with van der Waals surface area (Å²) < 4.78 is 21.9. The van der Waals surface area contributed by atoms with E-state index in [4.69, 9.17) is 18.9 Å². The average Bonchev–Trinajstić information content (AvgIpc) is 3.25. The van der Waals surface area contributed by atoms with E-state index in [9.17, 15) is 29.4 Å². The molecule has 0 N–H and O–H groups in total. The Labute approximate surface area is 434 Å². The molecule has 0 aromatic heterocycles. The topological polar surface area (TPSA) is 151 Å². The van der Waals surface area contributed by atoms with Crippen molar-refractivity contribution in [3.63, 3.8) is 0 Å². The summed E-state index contributed by atoms with van der Waals surface area (Å²) in [5.41, 5.74) is 2.12. The number of hydrogen-bond acceptors (Lipinski definition) is 10. The number of aliphatic carboxylic acids is 2. The molecule has 11 heteroatoms. The van der Waals surface area contributed by atoms with Crippen LogP contribution in [0.25, 0.3) is 0 Å². The zero-order valence-electron chi connectivity index (χ0n) is 41.1. The van der Waals surface area contributed by atoms with Crippen molar-refractivity contribution in [2.24, 2.45) is 0 Å². The minimum absolute atomic E-state index is 0. The summed E-state index contributed by atoms with van der Waals surface area (Å²) in [5.74, 6) is -2.46. The van der Waals surface area contributed by atoms with Crippen LogP contribution in [0, 0.1) is 0 Å². The summed E-state index contributed by atoms with van der Waals surface area (Å²) in [5, 5.41) is 22.0. The number of unbranched alkanes of at least 4 members (excludes halogenated alkanes) is 20. The van der Waals surface area contributed by atoms with Crippen molar-refractivity contribution in [1.29, 1.82) is 0 Å².